The second-order valence-electron chi connectivity index (χ2n) is 3.37. The molecule has 2 rings (SSSR count). The molecule has 17 heavy (non-hydrogen) atoms. The van der Waals surface area contributed by atoms with E-state index in [0.717, 1.165) is 9.14 Å². The lowest BCUT2D eigenvalue weighted by atomic mass is 10.2. The number of rotatable bonds is 3. The predicted molar refractivity (Wildman–Crippen MR) is 82.1 cm³/mol. The van der Waals surface area contributed by atoms with Crippen molar-refractivity contribution in [2.75, 3.05) is 7.11 Å². The highest BCUT2D eigenvalue weighted by Crippen LogP contribution is 2.32. The lowest BCUT2D eigenvalue weighted by Gasteiger charge is -2.01. The average Bonchev–Trinajstić information content (AvgIpc) is 2.77. The summed E-state index contributed by atoms with van der Waals surface area (Å²) in [5.74, 6) is 0.884. The fourth-order valence-electron chi connectivity index (χ4n) is 1.47. The summed E-state index contributed by atoms with van der Waals surface area (Å²) in [6.07, 6.45) is 2.04. The number of hydrogen-bond donors (Lipinski definition) is 0. The summed E-state index contributed by atoms with van der Waals surface area (Å²) in [6.45, 7) is 0. The molecular formula is C13H10Br2OS. The topological polar surface area (TPSA) is 9.23 Å². The Hall–Kier alpha value is -0.580. The number of ether oxygens (including phenoxy) is 1. The smallest absolute Gasteiger partial charge is 0.119 e. The van der Waals surface area contributed by atoms with Crippen molar-refractivity contribution in [2.24, 2.45) is 0 Å². The molecule has 0 aliphatic heterocycles. The van der Waals surface area contributed by atoms with Crippen LogP contribution in [-0.4, -0.2) is 7.11 Å². The van der Waals surface area contributed by atoms with Crippen molar-refractivity contribution in [3.05, 3.63) is 44.7 Å². The highest BCUT2D eigenvalue weighted by molar-refractivity contribution is 9.28. The van der Waals surface area contributed by atoms with Crippen LogP contribution in [0.1, 0.15) is 4.88 Å². The highest BCUT2D eigenvalue weighted by atomic mass is 79.9. The predicted octanol–water partition coefficient (Wildman–Crippen LogP) is 5.51. The van der Waals surface area contributed by atoms with Gasteiger partial charge in [0.1, 0.15) is 5.75 Å². The van der Waals surface area contributed by atoms with Crippen LogP contribution in [-0.2, 0) is 0 Å². The molecule has 0 aliphatic rings. The molecule has 0 N–H and O–H groups in total. The Bertz CT molecular complexity index is 542. The van der Waals surface area contributed by atoms with Gasteiger partial charge in [0.05, 0.1) is 10.5 Å². The van der Waals surface area contributed by atoms with E-state index >= 15 is 0 Å². The van der Waals surface area contributed by atoms with Crippen LogP contribution in [0, 0.1) is 0 Å². The van der Waals surface area contributed by atoms with Gasteiger partial charge in [-0.2, -0.15) is 0 Å². The van der Waals surface area contributed by atoms with Gasteiger partial charge in [-0.3, -0.25) is 0 Å². The summed E-state index contributed by atoms with van der Waals surface area (Å²) in [7, 11) is 1.68. The summed E-state index contributed by atoms with van der Waals surface area (Å²) in [5, 5.41) is 0. The van der Waals surface area contributed by atoms with Gasteiger partial charge < -0.3 is 4.74 Å². The molecule has 0 amide bonds. The lowest BCUT2D eigenvalue weighted by Crippen LogP contribution is -1.81. The summed E-state index contributed by atoms with van der Waals surface area (Å²) in [4.78, 5) is 2.43. The van der Waals surface area contributed by atoms with Gasteiger partial charge >= 0.3 is 0 Å². The van der Waals surface area contributed by atoms with E-state index in [0.29, 0.717) is 0 Å². The Kier molecular flexibility index (Phi) is 4.42. The average molecular weight is 374 g/mol. The van der Waals surface area contributed by atoms with E-state index in [9.17, 15) is 0 Å². The first-order chi connectivity index (χ1) is 8.19. The number of hydrogen-bond acceptors (Lipinski definition) is 2. The van der Waals surface area contributed by atoms with Crippen LogP contribution in [0.4, 0.5) is 0 Å². The van der Waals surface area contributed by atoms with Gasteiger partial charge in [0.25, 0.3) is 0 Å². The van der Waals surface area contributed by atoms with Crippen LogP contribution in [0.15, 0.2) is 39.8 Å². The van der Waals surface area contributed by atoms with Crippen LogP contribution in [0.25, 0.3) is 16.5 Å². The van der Waals surface area contributed by atoms with E-state index in [1.807, 2.05) is 24.3 Å². The maximum atomic E-state index is 5.23. The van der Waals surface area contributed by atoms with E-state index in [1.165, 1.54) is 15.3 Å². The molecule has 0 unspecified atom stereocenters. The summed E-state index contributed by atoms with van der Waals surface area (Å²) >= 11 is 8.47. The third-order valence-electron chi connectivity index (χ3n) is 2.23. The largest absolute Gasteiger partial charge is 0.497 e. The maximum Gasteiger partial charge on any atom is 0.119 e. The molecule has 1 heterocycles. The van der Waals surface area contributed by atoms with Crippen LogP contribution < -0.4 is 4.74 Å². The minimum absolute atomic E-state index is 0.884. The quantitative estimate of drug-likeness (QED) is 0.688. The number of methoxy groups -OCH3 is 1. The highest BCUT2D eigenvalue weighted by Gasteiger charge is 2.03. The van der Waals surface area contributed by atoms with Crippen LogP contribution >= 0.6 is 43.2 Å². The second kappa shape index (κ2) is 5.85. The van der Waals surface area contributed by atoms with E-state index in [-0.39, 0.29) is 0 Å². The standard InChI is InChI=1S/C13H10Br2OS/c1-16-10-4-2-3-9(7-10)12-6-5-11(17-12)8-13(14)15/h2-8H,1H3. The molecule has 2 aromatic rings. The van der Waals surface area contributed by atoms with Crippen molar-refractivity contribution >= 4 is 49.3 Å². The van der Waals surface area contributed by atoms with Crippen molar-refractivity contribution in [1.82, 2.24) is 0 Å². The molecule has 0 bridgehead atoms. The van der Waals surface area contributed by atoms with Gasteiger partial charge in [-0.15, -0.1) is 11.3 Å². The third kappa shape index (κ3) is 3.44. The first kappa shape index (κ1) is 12.9. The number of benzene rings is 1. The Balaban J connectivity index is 2.33. The first-order valence-electron chi connectivity index (χ1n) is 4.96. The SMILES string of the molecule is COc1cccc(-c2ccc(C=C(Br)Br)s2)c1. The normalized spacial score (nSPS) is 10.1. The zero-order valence-corrected chi connectivity index (χ0v) is 13.1. The minimum atomic E-state index is 0.884. The molecule has 0 saturated heterocycles. The molecular weight excluding hydrogens is 364 g/mol. The van der Waals surface area contributed by atoms with Crippen LogP contribution in [0.5, 0.6) is 5.75 Å². The molecule has 1 aromatic heterocycles. The van der Waals surface area contributed by atoms with E-state index in [2.05, 4.69) is 50.1 Å². The molecule has 0 saturated carbocycles. The zero-order chi connectivity index (χ0) is 12.3. The number of halogens is 2. The first-order valence-corrected chi connectivity index (χ1v) is 7.36. The Morgan fingerprint density at radius 3 is 2.76 bits per heavy atom. The fourth-order valence-corrected chi connectivity index (χ4v) is 3.21. The van der Waals surface area contributed by atoms with Crippen molar-refractivity contribution < 1.29 is 4.74 Å². The molecule has 0 fully saturated rings. The van der Waals surface area contributed by atoms with Crippen molar-refractivity contribution in [3.63, 3.8) is 0 Å². The minimum Gasteiger partial charge on any atom is -0.497 e. The van der Waals surface area contributed by atoms with Gasteiger partial charge in [0.2, 0.25) is 0 Å². The molecule has 1 aromatic carbocycles. The Morgan fingerprint density at radius 2 is 2.06 bits per heavy atom. The van der Waals surface area contributed by atoms with E-state index < -0.39 is 0 Å². The Labute approximate surface area is 121 Å². The molecule has 0 radical (unpaired) electrons. The summed E-state index contributed by atoms with van der Waals surface area (Å²) in [5.41, 5.74) is 1.18. The molecule has 0 spiro atoms. The monoisotopic (exact) mass is 372 g/mol. The third-order valence-corrected chi connectivity index (χ3v) is 3.77. The lowest BCUT2D eigenvalue weighted by molar-refractivity contribution is 0.415. The van der Waals surface area contributed by atoms with Gasteiger partial charge in [-0.05, 0) is 67.8 Å². The van der Waals surface area contributed by atoms with E-state index in [4.69, 9.17) is 4.74 Å². The van der Waals surface area contributed by atoms with Crippen LogP contribution in [0.2, 0.25) is 0 Å². The fraction of sp³-hybridized carbons (Fsp3) is 0.0769. The van der Waals surface area contributed by atoms with Gasteiger partial charge in [-0.25, -0.2) is 0 Å². The summed E-state index contributed by atoms with van der Waals surface area (Å²) < 4.78 is 6.17. The molecule has 0 atom stereocenters. The van der Waals surface area contributed by atoms with Crippen molar-refractivity contribution in [3.8, 4) is 16.2 Å². The van der Waals surface area contributed by atoms with E-state index in [1.54, 1.807) is 18.4 Å². The zero-order valence-electron chi connectivity index (χ0n) is 9.11. The van der Waals surface area contributed by atoms with Crippen LogP contribution in [0.3, 0.4) is 0 Å². The summed E-state index contributed by atoms with van der Waals surface area (Å²) in [6, 6.07) is 12.3. The van der Waals surface area contributed by atoms with Crippen molar-refractivity contribution in [1.29, 1.82) is 0 Å². The van der Waals surface area contributed by atoms with Gasteiger partial charge in [0.15, 0.2) is 0 Å². The van der Waals surface area contributed by atoms with Crippen molar-refractivity contribution in [2.45, 2.75) is 0 Å². The molecule has 4 heteroatoms. The molecule has 1 nitrogen and oxygen atoms in total. The second-order valence-corrected chi connectivity index (χ2v) is 7.26. The van der Waals surface area contributed by atoms with Gasteiger partial charge in [-0.1, -0.05) is 12.1 Å². The molecule has 88 valence electrons. The Morgan fingerprint density at radius 1 is 1.24 bits per heavy atom. The number of thiophene rings is 1. The molecule has 0 aliphatic carbocycles. The van der Waals surface area contributed by atoms with Gasteiger partial charge in [0, 0.05) is 9.75 Å². The maximum absolute atomic E-state index is 5.23.